The quantitative estimate of drug-likeness (QED) is 0.0261. The Morgan fingerprint density at radius 3 is 0.880 bits per heavy atom. The van der Waals surface area contributed by atoms with Crippen LogP contribution >= 0.6 is 0 Å². The summed E-state index contributed by atoms with van der Waals surface area (Å²) in [5.74, 6) is -0.969. The Hall–Kier alpha value is -4.19. The third-order valence-corrected chi connectivity index (χ3v) is 12.9. The molecule has 0 amide bonds. The molecule has 0 aliphatic rings. The van der Waals surface area contributed by atoms with Gasteiger partial charge in [-0.15, -0.1) is 0 Å². The minimum atomic E-state index is -0.810. The Labute approximate surface area is 462 Å². The van der Waals surface area contributed by atoms with Gasteiger partial charge in [-0.25, -0.2) is 0 Å². The van der Waals surface area contributed by atoms with Gasteiger partial charge in [0, 0.05) is 19.3 Å². The maximum Gasteiger partial charge on any atom is 0.306 e. The Morgan fingerprint density at radius 1 is 0.280 bits per heavy atom. The van der Waals surface area contributed by atoms with Crippen molar-refractivity contribution in [3.05, 3.63) is 122 Å². The normalized spacial score (nSPS) is 12.9. The predicted molar refractivity (Wildman–Crippen MR) is 325 cm³/mol. The molecule has 0 aromatic carbocycles. The van der Waals surface area contributed by atoms with E-state index in [1.807, 2.05) is 0 Å². The molecule has 0 saturated heterocycles. The van der Waals surface area contributed by atoms with Crippen LogP contribution in [0.3, 0.4) is 0 Å². The molecule has 6 nitrogen and oxygen atoms in total. The van der Waals surface area contributed by atoms with Gasteiger partial charge >= 0.3 is 17.9 Å². The number of unbranched alkanes of at least 4 members (excludes halogenated alkanes) is 24. The lowest BCUT2D eigenvalue weighted by Crippen LogP contribution is -2.30. The number of ether oxygens (including phenoxy) is 3. The van der Waals surface area contributed by atoms with Crippen molar-refractivity contribution in [2.45, 2.75) is 284 Å². The van der Waals surface area contributed by atoms with Gasteiger partial charge in [-0.3, -0.25) is 14.4 Å². The number of allylic oxidation sites excluding steroid dienone is 20. The molecular weight excluding hydrogens is 925 g/mol. The van der Waals surface area contributed by atoms with Crippen molar-refractivity contribution in [2.24, 2.45) is 0 Å². The van der Waals surface area contributed by atoms with E-state index in [2.05, 4.69) is 142 Å². The molecule has 0 aliphatic heterocycles. The average molecular weight is 1040 g/mol. The lowest BCUT2D eigenvalue weighted by Gasteiger charge is -2.18. The summed E-state index contributed by atoms with van der Waals surface area (Å²) >= 11 is 0. The van der Waals surface area contributed by atoms with Crippen LogP contribution in [-0.2, 0) is 28.6 Å². The third kappa shape index (κ3) is 60.6. The molecule has 0 aliphatic carbocycles. The number of carbonyl (C=O) groups excluding carboxylic acids is 3. The maximum absolute atomic E-state index is 12.9. The first-order chi connectivity index (χ1) is 37.0. The first kappa shape index (κ1) is 70.8. The molecule has 0 saturated carbocycles. The second-order valence-electron chi connectivity index (χ2n) is 20.2. The summed E-state index contributed by atoms with van der Waals surface area (Å²) in [7, 11) is 0. The molecule has 6 heteroatoms. The van der Waals surface area contributed by atoms with Gasteiger partial charge in [-0.05, 0) is 122 Å². The van der Waals surface area contributed by atoms with Crippen LogP contribution in [0.25, 0.3) is 0 Å². The standard InChI is InChI=1S/C69H114O6/c1-4-7-10-13-16-19-22-25-28-31-33-34-36-38-41-44-47-50-53-56-59-62-68(71)74-65-66(64-73-67(70)61-58-55-52-49-46-43-40-37-30-27-24-21-18-15-12-9-6-3)75-69(72)63-60-57-54-51-48-45-42-39-35-32-29-26-23-20-17-14-11-8-5-2/h7,9-10,12,16,18-19,21,25-30,33-34,40,43,49,52,66H,4-6,8,11,13-15,17,20,22-24,31-32,35-39,41-42,44-48,50-51,53-65H2,1-3H3/b10-7-,12-9-,19-16-,21-18-,28-25-,29-26-,30-27-,34-33-,43-40-,52-49-. The highest BCUT2D eigenvalue weighted by molar-refractivity contribution is 5.71. The SMILES string of the molecule is CC/C=C\C/C=C\C/C=C\C/C=C\C/C=C\CCCC(=O)OCC(COC(=O)CCCCCCCCCC/C=C\C/C=C\C/C=C\C/C=C\CC)OC(=O)CCCCCCCCCCC/C=C\CCCCCCCC. The van der Waals surface area contributed by atoms with E-state index < -0.39 is 6.10 Å². The highest BCUT2D eigenvalue weighted by Gasteiger charge is 2.19. The van der Waals surface area contributed by atoms with Crippen LogP contribution in [0.5, 0.6) is 0 Å². The summed E-state index contributed by atoms with van der Waals surface area (Å²) in [6.07, 6.45) is 86.3. The van der Waals surface area contributed by atoms with Crippen LogP contribution in [0.15, 0.2) is 122 Å². The highest BCUT2D eigenvalue weighted by Crippen LogP contribution is 2.15. The zero-order chi connectivity index (χ0) is 54.3. The molecule has 0 rings (SSSR count). The zero-order valence-electron chi connectivity index (χ0n) is 48.8. The first-order valence-electron chi connectivity index (χ1n) is 31.0. The molecule has 75 heavy (non-hydrogen) atoms. The minimum absolute atomic E-state index is 0.103. The van der Waals surface area contributed by atoms with Gasteiger partial charge in [-0.2, -0.15) is 0 Å². The van der Waals surface area contributed by atoms with Crippen LogP contribution in [0.2, 0.25) is 0 Å². The van der Waals surface area contributed by atoms with Crippen LogP contribution in [0, 0.1) is 0 Å². The van der Waals surface area contributed by atoms with E-state index in [9.17, 15) is 14.4 Å². The summed E-state index contributed by atoms with van der Waals surface area (Å²) in [6, 6.07) is 0. The zero-order valence-corrected chi connectivity index (χ0v) is 48.8. The summed E-state index contributed by atoms with van der Waals surface area (Å²) in [5, 5.41) is 0. The largest absolute Gasteiger partial charge is 0.462 e. The van der Waals surface area contributed by atoms with Crippen LogP contribution in [0.4, 0.5) is 0 Å². The van der Waals surface area contributed by atoms with Crippen LogP contribution in [0.1, 0.15) is 278 Å². The van der Waals surface area contributed by atoms with E-state index in [0.717, 1.165) is 109 Å². The molecule has 0 N–H and O–H groups in total. The Balaban J connectivity index is 4.48. The molecular formula is C69H114O6. The highest BCUT2D eigenvalue weighted by atomic mass is 16.6. The van der Waals surface area contributed by atoms with Crippen molar-refractivity contribution < 1.29 is 28.6 Å². The fourth-order valence-corrected chi connectivity index (χ4v) is 8.35. The van der Waals surface area contributed by atoms with Gasteiger partial charge in [-0.1, -0.05) is 258 Å². The second kappa shape index (κ2) is 62.4. The summed E-state index contributed by atoms with van der Waals surface area (Å²) in [5.41, 5.74) is 0. The monoisotopic (exact) mass is 1040 g/mol. The van der Waals surface area contributed by atoms with E-state index in [1.54, 1.807) is 0 Å². The molecule has 0 heterocycles. The Kier molecular flexibility index (Phi) is 58.9. The van der Waals surface area contributed by atoms with E-state index in [0.29, 0.717) is 19.3 Å². The number of hydrogen-bond donors (Lipinski definition) is 0. The summed E-state index contributed by atoms with van der Waals surface area (Å²) < 4.78 is 16.9. The molecule has 0 bridgehead atoms. The topological polar surface area (TPSA) is 78.9 Å². The Morgan fingerprint density at radius 2 is 0.533 bits per heavy atom. The number of hydrogen-bond acceptors (Lipinski definition) is 6. The number of carbonyl (C=O) groups is 3. The molecule has 0 spiro atoms. The van der Waals surface area contributed by atoms with Gasteiger partial charge in [0.1, 0.15) is 13.2 Å². The van der Waals surface area contributed by atoms with Crippen LogP contribution in [-0.4, -0.2) is 37.2 Å². The lowest BCUT2D eigenvalue weighted by molar-refractivity contribution is -0.167. The molecule has 0 aromatic rings. The summed E-state index contributed by atoms with van der Waals surface area (Å²) in [4.78, 5) is 38.3. The number of esters is 3. The molecule has 1 atom stereocenters. The number of rotatable bonds is 55. The van der Waals surface area contributed by atoms with E-state index in [1.165, 1.54) is 122 Å². The smallest absolute Gasteiger partial charge is 0.306 e. The predicted octanol–water partition coefficient (Wildman–Crippen LogP) is 21.2. The summed E-state index contributed by atoms with van der Waals surface area (Å²) in [6.45, 7) is 6.37. The van der Waals surface area contributed by atoms with Crippen molar-refractivity contribution >= 4 is 17.9 Å². The second-order valence-corrected chi connectivity index (χ2v) is 20.2. The van der Waals surface area contributed by atoms with Gasteiger partial charge in [0.15, 0.2) is 6.10 Å². The van der Waals surface area contributed by atoms with Crippen molar-refractivity contribution in [3.8, 4) is 0 Å². The average Bonchev–Trinajstić information content (AvgIpc) is 3.41. The van der Waals surface area contributed by atoms with Gasteiger partial charge < -0.3 is 14.2 Å². The van der Waals surface area contributed by atoms with Gasteiger partial charge in [0.2, 0.25) is 0 Å². The first-order valence-corrected chi connectivity index (χ1v) is 31.0. The van der Waals surface area contributed by atoms with Crippen LogP contribution < -0.4 is 0 Å². The van der Waals surface area contributed by atoms with Crippen molar-refractivity contribution in [3.63, 3.8) is 0 Å². The molecule has 0 aromatic heterocycles. The van der Waals surface area contributed by atoms with Gasteiger partial charge in [0.25, 0.3) is 0 Å². The molecule has 426 valence electrons. The minimum Gasteiger partial charge on any atom is -0.462 e. The lowest BCUT2D eigenvalue weighted by atomic mass is 10.1. The molecule has 0 radical (unpaired) electrons. The van der Waals surface area contributed by atoms with E-state index in [4.69, 9.17) is 14.2 Å². The Bertz CT molecular complexity index is 1570. The fourth-order valence-electron chi connectivity index (χ4n) is 8.35. The van der Waals surface area contributed by atoms with Gasteiger partial charge in [0.05, 0.1) is 0 Å². The molecule has 1 unspecified atom stereocenters. The fraction of sp³-hybridized carbons (Fsp3) is 0.667. The third-order valence-electron chi connectivity index (χ3n) is 12.9. The van der Waals surface area contributed by atoms with Crippen molar-refractivity contribution in [1.29, 1.82) is 0 Å². The van der Waals surface area contributed by atoms with E-state index in [-0.39, 0.29) is 37.5 Å². The van der Waals surface area contributed by atoms with E-state index >= 15 is 0 Å². The molecule has 0 fully saturated rings. The van der Waals surface area contributed by atoms with Crippen molar-refractivity contribution in [2.75, 3.05) is 13.2 Å². The maximum atomic E-state index is 12.9. The van der Waals surface area contributed by atoms with Crippen molar-refractivity contribution in [1.82, 2.24) is 0 Å².